The molecule has 17 heavy (non-hydrogen) atoms. The van der Waals surface area contributed by atoms with E-state index in [4.69, 9.17) is 9.47 Å². The SMILES string of the molecule is C=C(OC)C(=CC=C(CC)COC)OC(F)F. The molecule has 0 radical (unpaired) electrons. The van der Waals surface area contributed by atoms with E-state index >= 15 is 0 Å². The highest BCUT2D eigenvalue weighted by atomic mass is 19.3. The molecule has 0 aliphatic carbocycles. The van der Waals surface area contributed by atoms with Crippen LogP contribution in [-0.2, 0) is 14.2 Å². The Balaban J connectivity index is 4.83. The number of ether oxygens (including phenoxy) is 3. The third-order valence-electron chi connectivity index (χ3n) is 1.99. The molecule has 0 aliphatic rings. The van der Waals surface area contributed by atoms with Crippen LogP contribution < -0.4 is 0 Å². The largest absolute Gasteiger partial charge is 0.493 e. The Bertz CT molecular complexity index is 296. The van der Waals surface area contributed by atoms with Gasteiger partial charge < -0.3 is 14.2 Å². The zero-order valence-corrected chi connectivity index (χ0v) is 10.3. The summed E-state index contributed by atoms with van der Waals surface area (Å²) < 4.78 is 38.3. The van der Waals surface area contributed by atoms with E-state index in [1.807, 2.05) is 6.92 Å². The van der Waals surface area contributed by atoms with E-state index in [-0.39, 0.29) is 11.5 Å². The lowest BCUT2D eigenvalue weighted by atomic mass is 10.2. The molecule has 0 aliphatic heterocycles. The minimum Gasteiger partial charge on any atom is -0.493 e. The van der Waals surface area contributed by atoms with Crippen LogP contribution in [0.4, 0.5) is 8.78 Å². The first-order valence-electron chi connectivity index (χ1n) is 5.11. The molecule has 0 aromatic carbocycles. The van der Waals surface area contributed by atoms with Crippen molar-refractivity contribution in [3.63, 3.8) is 0 Å². The van der Waals surface area contributed by atoms with Gasteiger partial charge >= 0.3 is 6.61 Å². The Hall–Kier alpha value is -1.36. The number of halogens is 2. The Morgan fingerprint density at radius 2 is 1.94 bits per heavy atom. The molecule has 0 unspecified atom stereocenters. The van der Waals surface area contributed by atoms with E-state index < -0.39 is 6.61 Å². The van der Waals surface area contributed by atoms with Gasteiger partial charge in [-0.05, 0) is 18.1 Å². The third kappa shape index (κ3) is 6.73. The number of rotatable bonds is 8. The second-order valence-corrected chi connectivity index (χ2v) is 3.15. The maximum atomic E-state index is 12.1. The number of alkyl halides is 2. The van der Waals surface area contributed by atoms with Crippen LogP contribution in [-0.4, -0.2) is 27.4 Å². The van der Waals surface area contributed by atoms with Gasteiger partial charge in [-0.3, -0.25) is 0 Å². The first kappa shape index (κ1) is 15.6. The van der Waals surface area contributed by atoms with Crippen molar-refractivity contribution in [2.45, 2.75) is 20.0 Å². The number of allylic oxidation sites excluding steroid dienone is 2. The Labute approximate surface area is 100 Å². The molecular weight excluding hydrogens is 230 g/mol. The summed E-state index contributed by atoms with van der Waals surface area (Å²) in [6, 6.07) is 0. The second kappa shape index (κ2) is 8.75. The van der Waals surface area contributed by atoms with Gasteiger partial charge in [0.1, 0.15) is 0 Å². The van der Waals surface area contributed by atoms with Gasteiger partial charge in [-0.2, -0.15) is 8.78 Å². The maximum Gasteiger partial charge on any atom is 0.387 e. The molecule has 0 fully saturated rings. The molecule has 0 aromatic rings. The van der Waals surface area contributed by atoms with Crippen molar-refractivity contribution in [3.05, 3.63) is 35.8 Å². The topological polar surface area (TPSA) is 27.7 Å². The lowest BCUT2D eigenvalue weighted by Crippen LogP contribution is -2.02. The van der Waals surface area contributed by atoms with E-state index in [9.17, 15) is 8.78 Å². The first-order valence-corrected chi connectivity index (χ1v) is 5.11. The van der Waals surface area contributed by atoms with Crippen LogP contribution in [0.3, 0.4) is 0 Å². The minimum absolute atomic E-state index is 0.0504. The van der Waals surface area contributed by atoms with Gasteiger partial charge in [-0.15, -0.1) is 0 Å². The van der Waals surface area contributed by atoms with Crippen LogP contribution in [0.1, 0.15) is 13.3 Å². The van der Waals surface area contributed by atoms with Crippen molar-refractivity contribution < 1.29 is 23.0 Å². The maximum absolute atomic E-state index is 12.1. The Kier molecular flexibility index (Phi) is 8.05. The summed E-state index contributed by atoms with van der Waals surface area (Å²) in [5.41, 5.74) is 0.951. The van der Waals surface area contributed by atoms with Gasteiger partial charge in [-0.25, -0.2) is 0 Å². The van der Waals surface area contributed by atoms with Crippen LogP contribution in [0, 0.1) is 0 Å². The van der Waals surface area contributed by atoms with Gasteiger partial charge in [0.2, 0.25) is 0 Å². The summed E-state index contributed by atoms with van der Waals surface area (Å²) in [6.45, 7) is 2.94. The molecule has 0 amide bonds. The van der Waals surface area contributed by atoms with Crippen LogP contribution in [0.25, 0.3) is 0 Å². The van der Waals surface area contributed by atoms with Crippen molar-refractivity contribution in [2.75, 3.05) is 20.8 Å². The monoisotopic (exact) mass is 248 g/mol. The fourth-order valence-corrected chi connectivity index (χ4v) is 1.04. The second-order valence-electron chi connectivity index (χ2n) is 3.15. The predicted octanol–water partition coefficient (Wildman–Crippen LogP) is 3.25. The minimum atomic E-state index is -2.91. The average molecular weight is 248 g/mol. The number of hydrogen-bond donors (Lipinski definition) is 0. The molecule has 98 valence electrons. The number of hydrogen-bond acceptors (Lipinski definition) is 3. The zero-order valence-electron chi connectivity index (χ0n) is 10.3. The molecule has 0 bridgehead atoms. The van der Waals surface area contributed by atoms with E-state index in [1.54, 1.807) is 13.2 Å². The lowest BCUT2D eigenvalue weighted by Gasteiger charge is -2.10. The molecule has 0 N–H and O–H groups in total. The van der Waals surface area contributed by atoms with Crippen molar-refractivity contribution >= 4 is 0 Å². The van der Waals surface area contributed by atoms with Crippen molar-refractivity contribution in [1.82, 2.24) is 0 Å². The Morgan fingerprint density at radius 3 is 2.35 bits per heavy atom. The first-order chi connectivity index (χ1) is 8.04. The summed E-state index contributed by atoms with van der Waals surface area (Å²) >= 11 is 0. The molecule has 0 aromatic heterocycles. The summed E-state index contributed by atoms with van der Waals surface area (Å²) in [5, 5.41) is 0. The van der Waals surface area contributed by atoms with Crippen LogP contribution in [0.5, 0.6) is 0 Å². The van der Waals surface area contributed by atoms with Gasteiger partial charge in [0, 0.05) is 7.11 Å². The summed E-state index contributed by atoms with van der Waals surface area (Å²) in [4.78, 5) is 0. The molecule has 0 rings (SSSR count). The summed E-state index contributed by atoms with van der Waals surface area (Å²) in [5.74, 6) is -0.0426. The van der Waals surface area contributed by atoms with Gasteiger partial charge in [-0.1, -0.05) is 19.6 Å². The van der Waals surface area contributed by atoms with Crippen molar-refractivity contribution in [1.29, 1.82) is 0 Å². The van der Waals surface area contributed by atoms with E-state index in [1.165, 1.54) is 13.2 Å². The smallest absolute Gasteiger partial charge is 0.387 e. The highest BCUT2D eigenvalue weighted by Crippen LogP contribution is 2.15. The van der Waals surface area contributed by atoms with E-state index in [0.717, 1.165) is 12.0 Å². The molecule has 0 heterocycles. The highest BCUT2D eigenvalue weighted by molar-refractivity contribution is 5.24. The van der Waals surface area contributed by atoms with Gasteiger partial charge in [0.25, 0.3) is 0 Å². The molecule has 0 saturated heterocycles. The number of methoxy groups -OCH3 is 2. The standard InChI is InChI=1S/C12H18F2O3/c1-5-10(8-15-3)6-7-11(9(2)16-4)17-12(13)14/h6-7,12H,2,5,8H2,1,3-4H3. The molecule has 0 atom stereocenters. The lowest BCUT2D eigenvalue weighted by molar-refractivity contribution is -0.0975. The fourth-order valence-electron chi connectivity index (χ4n) is 1.04. The molecule has 3 nitrogen and oxygen atoms in total. The zero-order chi connectivity index (χ0) is 13.3. The molecule has 0 spiro atoms. The van der Waals surface area contributed by atoms with Crippen molar-refractivity contribution in [3.8, 4) is 0 Å². The fraction of sp³-hybridized carbons (Fsp3) is 0.500. The van der Waals surface area contributed by atoms with Crippen LogP contribution in [0.15, 0.2) is 35.8 Å². The summed E-state index contributed by atoms with van der Waals surface area (Å²) in [6.07, 6.45) is 3.81. The molecule has 0 saturated carbocycles. The quantitative estimate of drug-likeness (QED) is 0.487. The Morgan fingerprint density at radius 1 is 1.29 bits per heavy atom. The van der Waals surface area contributed by atoms with Gasteiger partial charge in [0.05, 0.1) is 13.7 Å². The van der Waals surface area contributed by atoms with E-state index in [2.05, 4.69) is 11.3 Å². The van der Waals surface area contributed by atoms with Crippen LogP contribution in [0.2, 0.25) is 0 Å². The summed E-state index contributed by atoms with van der Waals surface area (Å²) in [7, 11) is 2.91. The van der Waals surface area contributed by atoms with Crippen molar-refractivity contribution in [2.24, 2.45) is 0 Å². The third-order valence-corrected chi connectivity index (χ3v) is 1.99. The normalized spacial score (nSPS) is 12.8. The van der Waals surface area contributed by atoms with E-state index in [0.29, 0.717) is 6.61 Å². The predicted molar refractivity (Wildman–Crippen MR) is 61.6 cm³/mol. The molecular formula is C12H18F2O3. The average Bonchev–Trinajstić information content (AvgIpc) is 2.31. The van der Waals surface area contributed by atoms with Crippen LogP contribution >= 0.6 is 0 Å². The molecule has 5 heteroatoms. The highest BCUT2D eigenvalue weighted by Gasteiger charge is 2.10. The van der Waals surface area contributed by atoms with Gasteiger partial charge in [0.15, 0.2) is 11.5 Å².